The zero-order chi connectivity index (χ0) is 23.2. The van der Waals surface area contributed by atoms with Gasteiger partial charge in [-0.2, -0.15) is 10.2 Å². The molecule has 0 fully saturated rings. The van der Waals surface area contributed by atoms with Crippen LogP contribution in [0, 0.1) is 6.92 Å². The molecule has 0 aliphatic rings. The van der Waals surface area contributed by atoms with Crippen molar-refractivity contribution >= 4 is 23.2 Å². The fourth-order valence-electron chi connectivity index (χ4n) is 3.32. The molecule has 7 heteroatoms. The smallest absolute Gasteiger partial charge is 0.277 e. The zero-order valence-electron chi connectivity index (χ0n) is 18.3. The largest absolute Gasteiger partial charge is 0.483 e. The minimum absolute atomic E-state index is 0.195. The van der Waals surface area contributed by atoms with Gasteiger partial charge in [-0.15, -0.1) is 0 Å². The van der Waals surface area contributed by atoms with E-state index in [0.717, 1.165) is 28.1 Å². The Balaban J connectivity index is 1.54. The topological polar surface area (TPSA) is 68.5 Å². The van der Waals surface area contributed by atoms with Crippen molar-refractivity contribution in [2.24, 2.45) is 5.10 Å². The first-order chi connectivity index (χ1) is 16.0. The molecular weight excluding hydrogens is 436 g/mol. The lowest BCUT2D eigenvalue weighted by Crippen LogP contribution is -2.25. The third-order valence-electron chi connectivity index (χ3n) is 5.08. The number of hydrazone groups is 1. The Kier molecular flexibility index (Phi) is 6.86. The number of carbonyl (C=O) groups excluding carboxylic acids is 1. The standard InChI is InChI=1S/C26H23ClN4O2/c1-18-15-25(33-17-26(32)30-29-19(2)20-9-5-3-6-10-20)22(16-23(18)27)24-13-14-28-31(24)21-11-7-4-8-12-21/h3-16H,17H2,1-2H3,(H,30,32)/b29-19+. The maximum absolute atomic E-state index is 12.4. The molecule has 4 aromatic rings. The fraction of sp³-hybridized carbons (Fsp3) is 0.115. The van der Waals surface area contributed by atoms with Gasteiger partial charge in [-0.3, -0.25) is 4.79 Å². The van der Waals surface area contributed by atoms with Crippen LogP contribution in [0.4, 0.5) is 0 Å². The lowest BCUT2D eigenvalue weighted by atomic mass is 10.1. The van der Waals surface area contributed by atoms with Crippen LogP contribution in [0.2, 0.25) is 5.02 Å². The molecule has 4 rings (SSSR count). The van der Waals surface area contributed by atoms with E-state index in [2.05, 4.69) is 15.6 Å². The van der Waals surface area contributed by atoms with Crippen LogP contribution < -0.4 is 10.2 Å². The first kappa shape index (κ1) is 22.3. The monoisotopic (exact) mass is 458 g/mol. The number of rotatable bonds is 7. The summed E-state index contributed by atoms with van der Waals surface area (Å²) >= 11 is 6.42. The van der Waals surface area contributed by atoms with E-state index in [0.29, 0.717) is 16.5 Å². The van der Waals surface area contributed by atoms with Gasteiger partial charge in [-0.1, -0.05) is 60.1 Å². The molecule has 33 heavy (non-hydrogen) atoms. The first-order valence-corrected chi connectivity index (χ1v) is 10.8. The van der Waals surface area contributed by atoms with Crippen molar-refractivity contribution in [1.29, 1.82) is 0 Å². The molecule has 0 saturated heterocycles. The van der Waals surface area contributed by atoms with Crippen LogP contribution in [-0.2, 0) is 4.79 Å². The average Bonchev–Trinajstić information content (AvgIpc) is 3.34. The molecule has 1 N–H and O–H groups in total. The van der Waals surface area contributed by atoms with Gasteiger partial charge in [0.1, 0.15) is 5.75 Å². The molecule has 3 aromatic carbocycles. The molecule has 0 aliphatic heterocycles. The molecule has 0 saturated carbocycles. The second kappa shape index (κ2) is 10.1. The zero-order valence-corrected chi connectivity index (χ0v) is 19.1. The van der Waals surface area contributed by atoms with Crippen molar-refractivity contribution in [2.75, 3.05) is 6.61 Å². The van der Waals surface area contributed by atoms with E-state index in [1.807, 2.05) is 92.7 Å². The number of aromatic nitrogens is 2. The molecule has 0 atom stereocenters. The number of aryl methyl sites for hydroxylation is 1. The summed E-state index contributed by atoms with van der Waals surface area (Å²) in [6, 6.07) is 24.9. The van der Waals surface area contributed by atoms with Crippen LogP contribution in [0.25, 0.3) is 16.9 Å². The molecule has 6 nitrogen and oxygen atoms in total. The van der Waals surface area contributed by atoms with E-state index in [1.165, 1.54) is 0 Å². The Morgan fingerprint density at radius 3 is 2.48 bits per heavy atom. The summed E-state index contributed by atoms with van der Waals surface area (Å²) in [5, 5.41) is 9.22. The van der Waals surface area contributed by atoms with E-state index in [4.69, 9.17) is 16.3 Å². The number of nitrogens with one attached hydrogen (secondary N) is 1. The lowest BCUT2D eigenvalue weighted by molar-refractivity contribution is -0.123. The maximum atomic E-state index is 12.4. The van der Waals surface area contributed by atoms with Gasteiger partial charge in [0.05, 0.1) is 23.3 Å². The summed E-state index contributed by atoms with van der Waals surface area (Å²) in [6.45, 7) is 3.53. The third-order valence-corrected chi connectivity index (χ3v) is 5.49. The Morgan fingerprint density at radius 1 is 1.06 bits per heavy atom. The van der Waals surface area contributed by atoms with Crippen molar-refractivity contribution in [3.05, 3.63) is 101 Å². The number of amides is 1. The molecule has 0 unspecified atom stereocenters. The molecule has 166 valence electrons. The number of carbonyl (C=O) groups is 1. The molecule has 1 aromatic heterocycles. The van der Waals surface area contributed by atoms with E-state index < -0.39 is 0 Å². The Hall–Kier alpha value is -3.90. The van der Waals surface area contributed by atoms with Crippen molar-refractivity contribution in [1.82, 2.24) is 15.2 Å². The van der Waals surface area contributed by atoms with Crippen LogP contribution in [0.5, 0.6) is 5.75 Å². The minimum atomic E-state index is -0.361. The van der Waals surface area contributed by atoms with E-state index in [1.54, 1.807) is 10.9 Å². The number of ether oxygens (including phenoxy) is 1. The van der Waals surface area contributed by atoms with Crippen molar-refractivity contribution < 1.29 is 9.53 Å². The molecule has 0 spiro atoms. The second-order valence-corrected chi connectivity index (χ2v) is 7.86. The van der Waals surface area contributed by atoms with Crippen molar-refractivity contribution in [3.63, 3.8) is 0 Å². The second-order valence-electron chi connectivity index (χ2n) is 7.45. The molecule has 1 heterocycles. The summed E-state index contributed by atoms with van der Waals surface area (Å²) in [5.41, 5.74) is 7.48. The number of benzene rings is 3. The van der Waals surface area contributed by atoms with Crippen molar-refractivity contribution in [2.45, 2.75) is 13.8 Å². The number of hydrogen-bond donors (Lipinski definition) is 1. The highest BCUT2D eigenvalue weighted by molar-refractivity contribution is 6.31. The van der Waals surface area contributed by atoms with Gasteiger partial charge in [0.2, 0.25) is 0 Å². The van der Waals surface area contributed by atoms with Gasteiger partial charge in [0, 0.05) is 10.6 Å². The van der Waals surface area contributed by atoms with Gasteiger partial charge < -0.3 is 4.74 Å². The van der Waals surface area contributed by atoms with Gasteiger partial charge >= 0.3 is 0 Å². The SMILES string of the molecule is C/C(=N\NC(=O)COc1cc(C)c(Cl)cc1-c1ccnn1-c1ccccc1)c1ccccc1. The van der Waals surface area contributed by atoms with Crippen LogP contribution in [0.3, 0.4) is 0 Å². The molecular formula is C26H23ClN4O2. The third kappa shape index (κ3) is 5.30. The summed E-state index contributed by atoms with van der Waals surface area (Å²) < 4.78 is 7.71. The Labute approximate surface area is 197 Å². The summed E-state index contributed by atoms with van der Waals surface area (Å²) in [6.07, 6.45) is 1.72. The summed E-state index contributed by atoms with van der Waals surface area (Å²) in [5.74, 6) is 0.175. The van der Waals surface area contributed by atoms with Crippen LogP contribution in [0.15, 0.2) is 90.2 Å². The van der Waals surface area contributed by atoms with Crippen molar-refractivity contribution in [3.8, 4) is 22.7 Å². The predicted octanol–water partition coefficient (Wildman–Crippen LogP) is 5.42. The highest BCUT2D eigenvalue weighted by Gasteiger charge is 2.16. The normalized spacial score (nSPS) is 11.3. The Bertz CT molecular complexity index is 1280. The summed E-state index contributed by atoms with van der Waals surface area (Å²) in [7, 11) is 0. The lowest BCUT2D eigenvalue weighted by Gasteiger charge is -2.15. The number of nitrogens with zero attached hydrogens (tertiary/aromatic N) is 3. The first-order valence-electron chi connectivity index (χ1n) is 10.4. The fourth-order valence-corrected chi connectivity index (χ4v) is 3.49. The number of hydrogen-bond acceptors (Lipinski definition) is 4. The molecule has 1 amide bonds. The number of halogens is 1. The van der Waals surface area contributed by atoms with Gasteiger partial charge in [0.25, 0.3) is 5.91 Å². The number of para-hydroxylation sites is 1. The van der Waals surface area contributed by atoms with Gasteiger partial charge in [0.15, 0.2) is 6.61 Å². The van der Waals surface area contributed by atoms with Gasteiger partial charge in [-0.25, -0.2) is 10.1 Å². The highest BCUT2D eigenvalue weighted by Crippen LogP contribution is 2.35. The van der Waals surface area contributed by atoms with Crippen LogP contribution >= 0.6 is 11.6 Å². The quantitative estimate of drug-likeness (QED) is 0.297. The average molecular weight is 459 g/mol. The Morgan fingerprint density at radius 2 is 1.76 bits per heavy atom. The van der Waals surface area contributed by atoms with Crippen LogP contribution in [-0.4, -0.2) is 28.0 Å². The molecule has 0 aliphatic carbocycles. The van der Waals surface area contributed by atoms with E-state index in [9.17, 15) is 4.79 Å². The summed E-state index contributed by atoms with van der Waals surface area (Å²) in [4.78, 5) is 12.4. The minimum Gasteiger partial charge on any atom is -0.483 e. The maximum Gasteiger partial charge on any atom is 0.277 e. The van der Waals surface area contributed by atoms with Crippen LogP contribution in [0.1, 0.15) is 18.1 Å². The highest BCUT2D eigenvalue weighted by atomic mass is 35.5. The van der Waals surface area contributed by atoms with E-state index in [-0.39, 0.29) is 12.5 Å². The molecule has 0 radical (unpaired) electrons. The molecule has 0 bridgehead atoms. The van der Waals surface area contributed by atoms with Gasteiger partial charge in [-0.05, 0) is 55.3 Å². The van der Waals surface area contributed by atoms with E-state index >= 15 is 0 Å². The predicted molar refractivity (Wildman–Crippen MR) is 131 cm³/mol.